The lowest BCUT2D eigenvalue weighted by molar-refractivity contribution is -0.342. The first-order chi connectivity index (χ1) is 7.85. The molecular weight excluding hydrogens is 212 g/mol. The van der Waals surface area contributed by atoms with Gasteiger partial charge in [0.05, 0.1) is 13.2 Å². The maximum atomic E-state index is 6.24. The van der Waals surface area contributed by atoms with Gasteiger partial charge in [0.1, 0.15) is 0 Å². The van der Waals surface area contributed by atoms with Gasteiger partial charge in [0.2, 0.25) is 0 Å². The molecule has 0 radical (unpaired) electrons. The summed E-state index contributed by atoms with van der Waals surface area (Å²) in [5, 5.41) is 0. The van der Waals surface area contributed by atoms with E-state index in [1.54, 1.807) is 0 Å². The second-order valence-electron chi connectivity index (χ2n) is 7.29. The maximum absolute atomic E-state index is 6.24. The third kappa shape index (κ3) is 2.68. The topological polar surface area (TPSA) is 18.5 Å². The van der Waals surface area contributed by atoms with Crippen molar-refractivity contribution in [2.45, 2.75) is 59.7 Å². The average Bonchev–Trinajstić information content (AvgIpc) is 2.23. The first-order valence-corrected chi connectivity index (χ1v) is 7.13. The minimum Gasteiger partial charge on any atom is -0.349 e. The van der Waals surface area contributed by atoms with Crippen LogP contribution < -0.4 is 0 Å². The predicted octanol–water partition coefficient (Wildman–Crippen LogP) is 3.85. The molecule has 2 rings (SSSR count). The van der Waals surface area contributed by atoms with Gasteiger partial charge in [0.25, 0.3) is 0 Å². The zero-order valence-electron chi connectivity index (χ0n) is 12.1. The van der Waals surface area contributed by atoms with Crippen molar-refractivity contribution >= 4 is 0 Å². The molecule has 2 fully saturated rings. The maximum Gasteiger partial charge on any atom is 0.171 e. The largest absolute Gasteiger partial charge is 0.349 e. The number of rotatable bonds is 1. The fourth-order valence-corrected chi connectivity index (χ4v) is 3.31. The van der Waals surface area contributed by atoms with Gasteiger partial charge in [-0.25, -0.2) is 0 Å². The molecule has 100 valence electrons. The smallest absolute Gasteiger partial charge is 0.171 e. The van der Waals surface area contributed by atoms with Crippen LogP contribution in [0.2, 0.25) is 0 Å². The van der Waals surface area contributed by atoms with Crippen LogP contribution in [0.5, 0.6) is 0 Å². The number of ether oxygens (including phenoxy) is 2. The van der Waals surface area contributed by atoms with Crippen LogP contribution in [0.3, 0.4) is 0 Å². The van der Waals surface area contributed by atoms with Gasteiger partial charge in [0.15, 0.2) is 5.79 Å². The molecule has 0 amide bonds. The van der Waals surface area contributed by atoms with E-state index in [1.165, 1.54) is 12.8 Å². The lowest BCUT2D eigenvalue weighted by Crippen LogP contribution is -2.55. The minimum absolute atomic E-state index is 0.174. The van der Waals surface area contributed by atoms with Crippen molar-refractivity contribution in [3.8, 4) is 0 Å². The fraction of sp³-hybridized carbons (Fsp3) is 1.00. The quantitative estimate of drug-likeness (QED) is 0.693. The summed E-state index contributed by atoms with van der Waals surface area (Å²) in [6, 6.07) is 0. The van der Waals surface area contributed by atoms with E-state index in [0.29, 0.717) is 11.8 Å². The summed E-state index contributed by atoms with van der Waals surface area (Å²) in [5.41, 5.74) is 0.174. The summed E-state index contributed by atoms with van der Waals surface area (Å²) in [7, 11) is 0. The highest BCUT2D eigenvalue weighted by molar-refractivity contribution is 4.92. The van der Waals surface area contributed by atoms with Gasteiger partial charge < -0.3 is 9.47 Å². The number of hydrogen-bond donors (Lipinski definition) is 0. The molecule has 1 spiro atoms. The van der Waals surface area contributed by atoms with Crippen LogP contribution in [-0.2, 0) is 9.47 Å². The van der Waals surface area contributed by atoms with E-state index in [-0.39, 0.29) is 11.2 Å². The molecule has 1 aliphatic heterocycles. The Kier molecular flexibility index (Phi) is 3.57. The van der Waals surface area contributed by atoms with E-state index >= 15 is 0 Å². The second kappa shape index (κ2) is 4.55. The molecule has 17 heavy (non-hydrogen) atoms. The molecule has 2 atom stereocenters. The van der Waals surface area contributed by atoms with Gasteiger partial charge in [0, 0.05) is 17.8 Å². The van der Waals surface area contributed by atoms with E-state index in [4.69, 9.17) is 9.47 Å². The van der Waals surface area contributed by atoms with Gasteiger partial charge in [-0.15, -0.1) is 0 Å². The van der Waals surface area contributed by atoms with E-state index in [2.05, 4.69) is 34.6 Å². The molecule has 2 heteroatoms. The van der Waals surface area contributed by atoms with Crippen molar-refractivity contribution < 1.29 is 9.47 Å². The highest BCUT2D eigenvalue weighted by atomic mass is 16.7. The van der Waals surface area contributed by atoms with Gasteiger partial charge >= 0.3 is 0 Å². The molecule has 0 N–H and O–H groups in total. The van der Waals surface area contributed by atoms with Gasteiger partial charge in [-0.3, -0.25) is 0 Å². The molecule has 2 aliphatic rings. The first kappa shape index (κ1) is 13.4. The SMILES string of the molecule is CC1CCC(C(C)C)C2(C1)OCC(C)(C)CO2. The normalized spacial score (nSPS) is 36.4. The van der Waals surface area contributed by atoms with Crippen LogP contribution in [0.1, 0.15) is 53.9 Å². The average molecular weight is 240 g/mol. The van der Waals surface area contributed by atoms with Crippen molar-refractivity contribution in [1.29, 1.82) is 0 Å². The van der Waals surface area contributed by atoms with Crippen LogP contribution in [0.15, 0.2) is 0 Å². The molecular formula is C15H28O2. The minimum atomic E-state index is -0.276. The van der Waals surface area contributed by atoms with E-state index in [0.717, 1.165) is 25.6 Å². The Hall–Kier alpha value is -0.0800. The zero-order chi connectivity index (χ0) is 12.7. The van der Waals surface area contributed by atoms with E-state index in [9.17, 15) is 0 Å². The monoisotopic (exact) mass is 240 g/mol. The molecule has 0 bridgehead atoms. The molecule has 1 aliphatic carbocycles. The molecule has 0 aromatic carbocycles. The van der Waals surface area contributed by atoms with E-state index < -0.39 is 0 Å². The standard InChI is InChI=1S/C15H28O2/c1-11(2)13-7-6-12(3)8-15(13)16-9-14(4,5)10-17-15/h11-13H,6-10H2,1-5H3. The van der Waals surface area contributed by atoms with Crippen molar-refractivity contribution in [2.24, 2.45) is 23.2 Å². The van der Waals surface area contributed by atoms with Crippen LogP contribution in [0.4, 0.5) is 0 Å². The Bertz CT molecular complexity index is 260. The predicted molar refractivity (Wildman–Crippen MR) is 69.8 cm³/mol. The highest BCUT2D eigenvalue weighted by Crippen LogP contribution is 2.47. The van der Waals surface area contributed by atoms with Crippen LogP contribution in [0.25, 0.3) is 0 Å². The Morgan fingerprint density at radius 2 is 1.65 bits per heavy atom. The Morgan fingerprint density at radius 3 is 2.18 bits per heavy atom. The molecule has 0 aromatic heterocycles. The van der Waals surface area contributed by atoms with Gasteiger partial charge in [-0.1, -0.05) is 41.0 Å². The zero-order valence-corrected chi connectivity index (χ0v) is 12.1. The summed E-state index contributed by atoms with van der Waals surface area (Å²) >= 11 is 0. The van der Waals surface area contributed by atoms with Crippen molar-refractivity contribution in [3.63, 3.8) is 0 Å². The third-order valence-electron chi connectivity index (χ3n) is 4.39. The number of hydrogen-bond acceptors (Lipinski definition) is 2. The van der Waals surface area contributed by atoms with Crippen LogP contribution in [-0.4, -0.2) is 19.0 Å². The summed E-state index contributed by atoms with van der Waals surface area (Å²) in [5.74, 6) is 1.66. The molecule has 2 nitrogen and oxygen atoms in total. The van der Waals surface area contributed by atoms with Gasteiger partial charge in [-0.05, 0) is 18.3 Å². The molecule has 0 aromatic rings. The summed E-state index contributed by atoms with van der Waals surface area (Å²) in [6.45, 7) is 13.0. The Balaban J connectivity index is 2.14. The molecule has 1 saturated heterocycles. The lowest BCUT2D eigenvalue weighted by atomic mass is 9.72. The third-order valence-corrected chi connectivity index (χ3v) is 4.39. The van der Waals surface area contributed by atoms with Crippen LogP contribution in [0, 0.1) is 23.2 Å². The highest BCUT2D eigenvalue weighted by Gasteiger charge is 2.50. The van der Waals surface area contributed by atoms with E-state index in [1.807, 2.05) is 0 Å². The van der Waals surface area contributed by atoms with Crippen LogP contribution >= 0.6 is 0 Å². The molecule has 1 saturated carbocycles. The second-order valence-corrected chi connectivity index (χ2v) is 7.29. The molecule has 1 heterocycles. The fourth-order valence-electron chi connectivity index (χ4n) is 3.31. The Morgan fingerprint density at radius 1 is 1.06 bits per heavy atom. The van der Waals surface area contributed by atoms with Gasteiger partial charge in [-0.2, -0.15) is 0 Å². The Labute approximate surface area is 106 Å². The summed E-state index contributed by atoms with van der Waals surface area (Å²) < 4.78 is 12.5. The van der Waals surface area contributed by atoms with Crippen molar-refractivity contribution in [3.05, 3.63) is 0 Å². The van der Waals surface area contributed by atoms with Crippen molar-refractivity contribution in [1.82, 2.24) is 0 Å². The van der Waals surface area contributed by atoms with Crippen molar-refractivity contribution in [2.75, 3.05) is 13.2 Å². The summed E-state index contributed by atoms with van der Waals surface area (Å²) in [6.07, 6.45) is 3.64. The summed E-state index contributed by atoms with van der Waals surface area (Å²) in [4.78, 5) is 0. The molecule has 2 unspecified atom stereocenters. The lowest BCUT2D eigenvalue weighted by Gasteiger charge is -2.52. The first-order valence-electron chi connectivity index (χ1n) is 7.13.